The van der Waals surface area contributed by atoms with E-state index < -0.39 is 0 Å². The van der Waals surface area contributed by atoms with Crippen molar-refractivity contribution in [1.82, 2.24) is 10.2 Å². The first-order valence-corrected chi connectivity index (χ1v) is 6.18. The Morgan fingerprint density at radius 3 is 2.86 bits per heavy atom. The number of hydrogen-bond acceptors (Lipinski definition) is 2. The molecule has 1 N–H and O–H groups in total. The van der Waals surface area contributed by atoms with Crippen molar-refractivity contribution in [3.05, 3.63) is 0 Å². The van der Waals surface area contributed by atoms with Gasteiger partial charge in [-0.2, -0.15) is 0 Å². The predicted octanol–water partition coefficient (Wildman–Crippen LogP) is 2.11. The van der Waals surface area contributed by atoms with Crippen LogP contribution in [0, 0.1) is 5.92 Å². The molecule has 14 heavy (non-hydrogen) atoms. The highest BCUT2D eigenvalue weighted by atomic mass is 15.1. The quantitative estimate of drug-likeness (QED) is 0.744. The van der Waals surface area contributed by atoms with E-state index in [1.165, 1.54) is 38.9 Å². The molecule has 0 radical (unpaired) electrons. The van der Waals surface area contributed by atoms with Crippen molar-refractivity contribution in [3.8, 4) is 0 Å². The largest absolute Gasteiger partial charge is 0.313 e. The van der Waals surface area contributed by atoms with Crippen LogP contribution in [0.4, 0.5) is 0 Å². The van der Waals surface area contributed by atoms with Crippen molar-refractivity contribution in [1.29, 1.82) is 0 Å². The summed E-state index contributed by atoms with van der Waals surface area (Å²) >= 11 is 0. The Hall–Kier alpha value is -0.0800. The molecule has 2 atom stereocenters. The summed E-state index contributed by atoms with van der Waals surface area (Å²) in [7, 11) is 0. The summed E-state index contributed by atoms with van der Waals surface area (Å²) in [4.78, 5) is 2.62. The summed E-state index contributed by atoms with van der Waals surface area (Å²) in [6.45, 7) is 11.8. The van der Waals surface area contributed by atoms with Crippen molar-refractivity contribution in [3.63, 3.8) is 0 Å². The number of likely N-dealkylation sites (tertiary alicyclic amines) is 1. The van der Waals surface area contributed by atoms with Crippen LogP contribution in [-0.4, -0.2) is 37.1 Å². The minimum atomic E-state index is 0.647. The molecule has 0 aliphatic carbocycles. The van der Waals surface area contributed by atoms with Gasteiger partial charge in [0, 0.05) is 12.6 Å². The zero-order valence-corrected chi connectivity index (χ0v) is 10.1. The Morgan fingerprint density at radius 1 is 1.36 bits per heavy atom. The maximum Gasteiger partial charge on any atom is 0.0166 e. The standard InChI is InChI=1S/C12H26N2/c1-4-13-12(3)10-14-8-5-6-11(2)7-9-14/h11-13H,4-10H2,1-3H3. The second-order valence-electron chi connectivity index (χ2n) is 4.80. The maximum atomic E-state index is 3.48. The third-order valence-electron chi connectivity index (χ3n) is 3.19. The second kappa shape index (κ2) is 6.41. The third-order valence-corrected chi connectivity index (χ3v) is 3.19. The highest BCUT2D eigenvalue weighted by Gasteiger charge is 2.14. The molecule has 0 amide bonds. The molecule has 0 aromatic heterocycles. The number of rotatable bonds is 4. The average Bonchev–Trinajstić information content (AvgIpc) is 2.32. The Bertz CT molecular complexity index is 147. The number of hydrogen-bond donors (Lipinski definition) is 1. The van der Waals surface area contributed by atoms with E-state index in [1.54, 1.807) is 0 Å². The van der Waals surface area contributed by atoms with Crippen LogP contribution in [-0.2, 0) is 0 Å². The summed E-state index contributed by atoms with van der Waals surface area (Å²) in [6.07, 6.45) is 4.20. The molecule has 0 aromatic rings. The maximum absolute atomic E-state index is 3.48. The van der Waals surface area contributed by atoms with Crippen molar-refractivity contribution < 1.29 is 0 Å². The molecule has 84 valence electrons. The van der Waals surface area contributed by atoms with E-state index in [1.807, 2.05) is 0 Å². The Kier molecular flexibility index (Phi) is 5.49. The Labute approximate surface area is 89.1 Å². The molecule has 0 aromatic carbocycles. The van der Waals surface area contributed by atoms with Gasteiger partial charge in [0.05, 0.1) is 0 Å². The molecular formula is C12H26N2. The first-order chi connectivity index (χ1) is 6.72. The highest BCUT2D eigenvalue weighted by molar-refractivity contribution is 4.71. The van der Waals surface area contributed by atoms with Gasteiger partial charge in [-0.25, -0.2) is 0 Å². The molecule has 1 rings (SSSR count). The number of likely N-dealkylation sites (N-methyl/N-ethyl adjacent to an activating group) is 1. The van der Waals surface area contributed by atoms with Crippen molar-refractivity contribution in [2.24, 2.45) is 5.92 Å². The van der Waals surface area contributed by atoms with Gasteiger partial charge in [0.2, 0.25) is 0 Å². The second-order valence-corrected chi connectivity index (χ2v) is 4.80. The summed E-state index contributed by atoms with van der Waals surface area (Å²) in [5.74, 6) is 0.939. The van der Waals surface area contributed by atoms with Crippen LogP contribution in [0.15, 0.2) is 0 Å². The van der Waals surface area contributed by atoms with Gasteiger partial charge in [-0.3, -0.25) is 0 Å². The first kappa shape index (κ1) is 12.0. The fourth-order valence-electron chi connectivity index (χ4n) is 2.31. The van der Waals surface area contributed by atoms with Crippen LogP contribution in [0.5, 0.6) is 0 Å². The average molecular weight is 198 g/mol. The van der Waals surface area contributed by atoms with Crippen molar-refractivity contribution in [2.45, 2.75) is 46.1 Å². The SMILES string of the molecule is CCNC(C)CN1CCCC(C)CC1. The fourth-order valence-corrected chi connectivity index (χ4v) is 2.31. The van der Waals surface area contributed by atoms with E-state index in [-0.39, 0.29) is 0 Å². The smallest absolute Gasteiger partial charge is 0.0166 e. The molecule has 0 bridgehead atoms. The molecule has 2 nitrogen and oxygen atoms in total. The van der Waals surface area contributed by atoms with Crippen LogP contribution in [0.2, 0.25) is 0 Å². The van der Waals surface area contributed by atoms with E-state index >= 15 is 0 Å². The van der Waals surface area contributed by atoms with E-state index in [0.717, 1.165) is 12.5 Å². The summed E-state index contributed by atoms with van der Waals surface area (Å²) in [5.41, 5.74) is 0. The normalized spacial score (nSPS) is 27.2. The van der Waals surface area contributed by atoms with E-state index in [4.69, 9.17) is 0 Å². The monoisotopic (exact) mass is 198 g/mol. The molecule has 1 aliphatic heterocycles. The van der Waals surface area contributed by atoms with Gasteiger partial charge >= 0.3 is 0 Å². The molecule has 1 aliphatic rings. The van der Waals surface area contributed by atoms with Gasteiger partial charge in [0.25, 0.3) is 0 Å². The molecule has 1 fully saturated rings. The van der Waals surface area contributed by atoms with Gasteiger partial charge in [-0.1, -0.05) is 13.8 Å². The molecule has 1 saturated heterocycles. The topological polar surface area (TPSA) is 15.3 Å². The van der Waals surface area contributed by atoms with Crippen LogP contribution in [0.25, 0.3) is 0 Å². The lowest BCUT2D eigenvalue weighted by Crippen LogP contribution is -2.39. The number of nitrogens with one attached hydrogen (secondary N) is 1. The van der Waals surface area contributed by atoms with Gasteiger partial charge in [0.1, 0.15) is 0 Å². The van der Waals surface area contributed by atoms with Crippen LogP contribution in [0.1, 0.15) is 40.0 Å². The minimum Gasteiger partial charge on any atom is -0.313 e. The minimum absolute atomic E-state index is 0.647. The first-order valence-electron chi connectivity index (χ1n) is 6.18. The van der Waals surface area contributed by atoms with Gasteiger partial charge in [-0.15, -0.1) is 0 Å². The fraction of sp³-hybridized carbons (Fsp3) is 1.00. The van der Waals surface area contributed by atoms with Gasteiger partial charge in [-0.05, 0) is 51.7 Å². The summed E-state index contributed by atoms with van der Waals surface area (Å²) in [5, 5.41) is 3.48. The van der Waals surface area contributed by atoms with Crippen molar-refractivity contribution in [2.75, 3.05) is 26.2 Å². The zero-order chi connectivity index (χ0) is 10.4. The predicted molar refractivity (Wildman–Crippen MR) is 62.6 cm³/mol. The lowest BCUT2D eigenvalue weighted by Gasteiger charge is -2.24. The molecular weight excluding hydrogens is 172 g/mol. The van der Waals surface area contributed by atoms with Crippen LogP contribution in [0.3, 0.4) is 0 Å². The third kappa shape index (κ3) is 4.43. The molecule has 2 heteroatoms. The number of nitrogens with zero attached hydrogens (tertiary/aromatic N) is 1. The Morgan fingerprint density at radius 2 is 2.14 bits per heavy atom. The Balaban J connectivity index is 2.22. The molecule has 1 heterocycles. The van der Waals surface area contributed by atoms with Gasteiger partial charge < -0.3 is 10.2 Å². The highest BCUT2D eigenvalue weighted by Crippen LogP contribution is 2.16. The van der Waals surface area contributed by atoms with Crippen LogP contribution < -0.4 is 5.32 Å². The van der Waals surface area contributed by atoms with E-state index in [9.17, 15) is 0 Å². The molecule has 0 spiro atoms. The van der Waals surface area contributed by atoms with Crippen LogP contribution >= 0.6 is 0 Å². The van der Waals surface area contributed by atoms with Gasteiger partial charge in [0.15, 0.2) is 0 Å². The summed E-state index contributed by atoms with van der Waals surface area (Å²) < 4.78 is 0. The van der Waals surface area contributed by atoms with E-state index in [2.05, 4.69) is 31.0 Å². The van der Waals surface area contributed by atoms with E-state index in [0.29, 0.717) is 6.04 Å². The lowest BCUT2D eigenvalue weighted by atomic mass is 10.0. The molecule has 0 saturated carbocycles. The van der Waals surface area contributed by atoms with Crippen molar-refractivity contribution >= 4 is 0 Å². The zero-order valence-electron chi connectivity index (χ0n) is 10.1. The summed E-state index contributed by atoms with van der Waals surface area (Å²) in [6, 6.07) is 0.647. The lowest BCUT2D eigenvalue weighted by molar-refractivity contribution is 0.255. The molecule has 2 unspecified atom stereocenters.